The number of hydrogen-bond donors (Lipinski definition) is 0. The maximum Gasteiger partial charge on any atom is 0.160 e. The van der Waals surface area contributed by atoms with E-state index in [2.05, 4.69) is 22.9 Å². The van der Waals surface area contributed by atoms with Crippen LogP contribution in [-0.4, -0.2) is 31.4 Å². The molecule has 142 valence electrons. The molecule has 0 radical (unpaired) electrons. The van der Waals surface area contributed by atoms with Crippen molar-refractivity contribution in [2.75, 3.05) is 5.75 Å². The zero-order chi connectivity index (χ0) is 19.1. The number of fused-ring (bicyclic) bond motifs is 1. The van der Waals surface area contributed by atoms with Gasteiger partial charge in [-0.3, -0.25) is 9.98 Å². The molecule has 2 aromatic heterocycles. The molecule has 4 nitrogen and oxygen atoms in total. The molecule has 0 unspecified atom stereocenters. The Hall–Kier alpha value is -2.60. The van der Waals surface area contributed by atoms with Crippen molar-refractivity contribution in [1.29, 1.82) is 0 Å². The Bertz CT molecular complexity index is 1020. The van der Waals surface area contributed by atoms with Crippen LogP contribution in [0.5, 0.6) is 0 Å². The van der Waals surface area contributed by atoms with Gasteiger partial charge in [-0.1, -0.05) is 36.9 Å². The molecular formula is C22H21FN4S. The second kappa shape index (κ2) is 7.09. The second-order valence-corrected chi connectivity index (χ2v) is 8.08. The highest BCUT2D eigenvalue weighted by Crippen LogP contribution is 2.48. The fourth-order valence-corrected chi connectivity index (χ4v) is 5.51. The van der Waals surface area contributed by atoms with Crippen molar-refractivity contribution in [2.45, 2.75) is 31.5 Å². The van der Waals surface area contributed by atoms with Crippen molar-refractivity contribution in [2.24, 2.45) is 4.99 Å². The molecule has 2 aliphatic rings. The zero-order valence-electron chi connectivity index (χ0n) is 15.6. The van der Waals surface area contributed by atoms with Gasteiger partial charge in [-0.2, -0.15) is 0 Å². The molecule has 4 heterocycles. The summed E-state index contributed by atoms with van der Waals surface area (Å²) in [5.74, 6) is 0.817. The van der Waals surface area contributed by atoms with Crippen molar-refractivity contribution in [3.8, 4) is 5.69 Å². The summed E-state index contributed by atoms with van der Waals surface area (Å²) in [5.41, 5.74) is 2.56. The van der Waals surface area contributed by atoms with E-state index in [1.807, 2.05) is 65.1 Å². The second-order valence-electron chi connectivity index (χ2n) is 7.09. The van der Waals surface area contributed by atoms with Gasteiger partial charge in [0.1, 0.15) is 17.9 Å². The van der Waals surface area contributed by atoms with E-state index in [0.29, 0.717) is 11.7 Å². The highest BCUT2D eigenvalue weighted by atomic mass is 32.2. The highest BCUT2D eigenvalue weighted by molar-refractivity contribution is 8.14. The molecule has 0 aliphatic carbocycles. The lowest BCUT2D eigenvalue weighted by Gasteiger charge is -2.32. The summed E-state index contributed by atoms with van der Waals surface area (Å²) in [5, 5.41) is 1.08. The van der Waals surface area contributed by atoms with Gasteiger partial charge < -0.3 is 9.47 Å². The third-order valence-corrected chi connectivity index (χ3v) is 6.65. The number of aromatic nitrogens is 2. The third-order valence-electron chi connectivity index (χ3n) is 5.52. The Morgan fingerprint density at radius 1 is 1.11 bits per heavy atom. The fraction of sp³-hybridized carbons (Fsp3) is 0.273. The average Bonchev–Trinajstić information content (AvgIpc) is 3.43. The first-order valence-corrected chi connectivity index (χ1v) is 10.6. The van der Waals surface area contributed by atoms with E-state index in [0.717, 1.165) is 28.7 Å². The quantitative estimate of drug-likeness (QED) is 0.627. The van der Waals surface area contributed by atoms with E-state index in [4.69, 9.17) is 4.99 Å². The van der Waals surface area contributed by atoms with Crippen LogP contribution in [0.4, 0.5) is 4.39 Å². The number of halogens is 1. The number of nitrogens with zero attached hydrogens (tertiary/aromatic N) is 4. The summed E-state index contributed by atoms with van der Waals surface area (Å²) in [6, 6.07) is 17.3. The van der Waals surface area contributed by atoms with Crippen LogP contribution in [0.1, 0.15) is 36.8 Å². The minimum Gasteiger partial charge on any atom is -0.337 e. The van der Waals surface area contributed by atoms with Crippen LogP contribution < -0.4 is 0 Å². The number of benzene rings is 1. The Kier molecular flexibility index (Phi) is 4.43. The van der Waals surface area contributed by atoms with Crippen molar-refractivity contribution in [3.63, 3.8) is 0 Å². The van der Waals surface area contributed by atoms with Gasteiger partial charge in [0.05, 0.1) is 11.4 Å². The predicted molar refractivity (Wildman–Crippen MR) is 111 cm³/mol. The van der Waals surface area contributed by atoms with E-state index in [1.165, 1.54) is 6.07 Å². The van der Waals surface area contributed by atoms with Gasteiger partial charge in [-0.05, 0) is 42.8 Å². The fourth-order valence-electron chi connectivity index (χ4n) is 4.17. The van der Waals surface area contributed by atoms with Gasteiger partial charge in [0.15, 0.2) is 5.17 Å². The lowest BCUT2D eigenvalue weighted by atomic mass is 9.99. The molecule has 3 aromatic rings. The smallest absolute Gasteiger partial charge is 0.160 e. The zero-order valence-corrected chi connectivity index (χ0v) is 16.4. The molecule has 5 rings (SSSR count). The van der Waals surface area contributed by atoms with E-state index in [-0.39, 0.29) is 17.9 Å². The summed E-state index contributed by atoms with van der Waals surface area (Å²) in [6.07, 6.45) is 4.81. The standard InChI is InChI=1S/C22H21FN4S/c1-2-15-14-28-22-25-20(17-9-5-6-12-24-17)21(27(15)22)19-11-7-13-26(19)18-10-4-3-8-16(18)23/h3-13,15,20-21H,2,14H2,1H3/t15-,20+,21+/m1/s1. The lowest BCUT2D eigenvalue weighted by Crippen LogP contribution is -2.36. The first-order chi connectivity index (χ1) is 13.8. The Morgan fingerprint density at radius 3 is 2.75 bits per heavy atom. The number of pyridine rings is 1. The molecule has 3 atom stereocenters. The number of rotatable bonds is 4. The molecule has 0 saturated carbocycles. The topological polar surface area (TPSA) is 33.4 Å². The molecular weight excluding hydrogens is 371 g/mol. The maximum absolute atomic E-state index is 14.6. The van der Waals surface area contributed by atoms with E-state index in [9.17, 15) is 4.39 Å². The molecule has 0 spiro atoms. The molecule has 0 N–H and O–H groups in total. The molecule has 0 amide bonds. The van der Waals surface area contributed by atoms with Crippen LogP contribution in [0, 0.1) is 5.82 Å². The Morgan fingerprint density at radius 2 is 1.96 bits per heavy atom. The lowest BCUT2D eigenvalue weighted by molar-refractivity contribution is 0.248. The van der Waals surface area contributed by atoms with Crippen LogP contribution in [0.3, 0.4) is 0 Å². The van der Waals surface area contributed by atoms with E-state index >= 15 is 0 Å². The van der Waals surface area contributed by atoms with Crippen LogP contribution in [0.2, 0.25) is 0 Å². The number of aliphatic imine (C=N–C) groups is 1. The first-order valence-electron chi connectivity index (χ1n) is 9.60. The minimum absolute atomic E-state index is 0.000504. The number of hydrogen-bond acceptors (Lipinski definition) is 4. The monoisotopic (exact) mass is 392 g/mol. The van der Waals surface area contributed by atoms with Crippen molar-refractivity contribution >= 4 is 16.9 Å². The van der Waals surface area contributed by atoms with Gasteiger partial charge in [0, 0.05) is 29.9 Å². The molecule has 6 heteroatoms. The number of para-hydroxylation sites is 1. The normalized spacial score (nSPS) is 23.7. The van der Waals surface area contributed by atoms with Crippen LogP contribution in [0.25, 0.3) is 5.69 Å². The Balaban J connectivity index is 1.65. The van der Waals surface area contributed by atoms with Crippen molar-refractivity contribution < 1.29 is 4.39 Å². The molecule has 1 fully saturated rings. The summed E-state index contributed by atoms with van der Waals surface area (Å²) < 4.78 is 16.5. The maximum atomic E-state index is 14.6. The summed E-state index contributed by atoms with van der Waals surface area (Å²) in [7, 11) is 0. The third kappa shape index (κ3) is 2.75. The SMILES string of the molecule is CC[C@@H]1CSC2=N[C@@H](c3ccccn3)[C@H](c3cccn3-c3ccccc3F)N21. The van der Waals surface area contributed by atoms with Crippen molar-refractivity contribution in [1.82, 2.24) is 14.5 Å². The van der Waals surface area contributed by atoms with Gasteiger partial charge in [-0.15, -0.1) is 0 Å². The minimum atomic E-state index is -0.226. The van der Waals surface area contributed by atoms with Crippen LogP contribution >= 0.6 is 11.8 Å². The number of amidine groups is 1. The predicted octanol–water partition coefficient (Wildman–Crippen LogP) is 4.99. The van der Waals surface area contributed by atoms with Crippen LogP contribution in [-0.2, 0) is 0 Å². The summed E-state index contributed by atoms with van der Waals surface area (Å²) in [4.78, 5) is 12.1. The van der Waals surface area contributed by atoms with E-state index < -0.39 is 0 Å². The highest BCUT2D eigenvalue weighted by Gasteiger charge is 2.46. The van der Waals surface area contributed by atoms with Crippen LogP contribution in [0.15, 0.2) is 72.0 Å². The molecule has 0 bridgehead atoms. The summed E-state index contributed by atoms with van der Waals surface area (Å²) >= 11 is 1.81. The molecule has 1 saturated heterocycles. The van der Waals surface area contributed by atoms with E-state index in [1.54, 1.807) is 6.07 Å². The molecule has 2 aliphatic heterocycles. The van der Waals surface area contributed by atoms with Gasteiger partial charge >= 0.3 is 0 Å². The molecule has 28 heavy (non-hydrogen) atoms. The largest absolute Gasteiger partial charge is 0.337 e. The van der Waals surface area contributed by atoms with Gasteiger partial charge in [0.2, 0.25) is 0 Å². The number of thioether (sulfide) groups is 1. The average molecular weight is 393 g/mol. The summed E-state index contributed by atoms with van der Waals surface area (Å²) in [6.45, 7) is 2.22. The van der Waals surface area contributed by atoms with Crippen molar-refractivity contribution in [3.05, 3.63) is 84.2 Å². The first kappa shape index (κ1) is 17.5. The Labute approximate surface area is 168 Å². The van der Waals surface area contributed by atoms with Gasteiger partial charge in [0.25, 0.3) is 0 Å². The van der Waals surface area contributed by atoms with Gasteiger partial charge in [-0.25, -0.2) is 4.39 Å². The molecule has 1 aromatic carbocycles.